The van der Waals surface area contributed by atoms with Gasteiger partial charge in [0, 0.05) is 24.4 Å². The van der Waals surface area contributed by atoms with Crippen LogP contribution >= 0.6 is 23.8 Å². The summed E-state index contributed by atoms with van der Waals surface area (Å²) in [5.74, 6) is 0. The van der Waals surface area contributed by atoms with Gasteiger partial charge in [-0.1, -0.05) is 17.7 Å². The zero-order chi connectivity index (χ0) is 12.8. The zero-order valence-electron chi connectivity index (χ0n) is 10.2. The van der Waals surface area contributed by atoms with Gasteiger partial charge in [-0.15, -0.1) is 0 Å². The number of anilines is 1. The predicted molar refractivity (Wildman–Crippen MR) is 76.9 cm³/mol. The minimum Gasteiger partial charge on any atom is -0.380 e. The summed E-state index contributed by atoms with van der Waals surface area (Å²) in [5.41, 5.74) is 1.90. The number of ether oxygens (including phenoxy) is 1. The Morgan fingerprint density at radius 2 is 2.24 bits per heavy atom. The Balaban J connectivity index is 2.54. The topological polar surface area (TPSA) is 33.3 Å². The van der Waals surface area contributed by atoms with Crippen molar-refractivity contribution in [3.63, 3.8) is 0 Å². The summed E-state index contributed by atoms with van der Waals surface area (Å²) in [7, 11) is 1.67. The molecule has 0 heterocycles. The summed E-state index contributed by atoms with van der Waals surface area (Å²) in [6.07, 6.45) is 0.121. The van der Waals surface area contributed by atoms with Crippen molar-refractivity contribution < 1.29 is 4.74 Å². The van der Waals surface area contributed by atoms with Crippen LogP contribution in [0, 0.1) is 6.92 Å². The van der Waals surface area contributed by atoms with Crippen molar-refractivity contribution in [1.82, 2.24) is 5.32 Å². The molecule has 17 heavy (non-hydrogen) atoms. The Hall–Kier alpha value is -0.840. The molecule has 3 nitrogen and oxygen atoms in total. The van der Waals surface area contributed by atoms with E-state index >= 15 is 0 Å². The fraction of sp³-hybridized carbons (Fsp3) is 0.417. The minimum absolute atomic E-state index is 0.121. The number of benzene rings is 1. The quantitative estimate of drug-likeness (QED) is 0.826. The highest BCUT2D eigenvalue weighted by Crippen LogP contribution is 2.22. The zero-order valence-corrected chi connectivity index (χ0v) is 11.8. The normalized spacial score (nSPS) is 12.0. The van der Waals surface area contributed by atoms with Crippen molar-refractivity contribution >= 4 is 34.6 Å². The van der Waals surface area contributed by atoms with Crippen LogP contribution in [0.1, 0.15) is 12.5 Å². The third-order valence-corrected chi connectivity index (χ3v) is 3.12. The second-order valence-electron chi connectivity index (χ2n) is 3.79. The Kier molecular flexibility index (Phi) is 5.68. The van der Waals surface area contributed by atoms with E-state index in [1.165, 1.54) is 0 Å². The molecule has 0 aliphatic heterocycles. The second-order valence-corrected chi connectivity index (χ2v) is 4.61. The summed E-state index contributed by atoms with van der Waals surface area (Å²) in [5, 5.41) is 7.49. The number of methoxy groups -OCH3 is 1. The molecule has 0 saturated carbocycles. The van der Waals surface area contributed by atoms with Gasteiger partial charge in [0.15, 0.2) is 5.11 Å². The number of rotatable bonds is 4. The maximum atomic E-state index is 6.02. The highest BCUT2D eigenvalue weighted by molar-refractivity contribution is 7.80. The largest absolute Gasteiger partial charge is 0.380 e. The molecule has 0 amide bonds. The van der Waals surface area contributed by atoms with E-state index in [1.54, 1.807) is 7.11 Å². The van der Waals surface area contributed by atoms with Crippen molar-refractivity contribution in [2.45, 2.75) is 20.0 Å². The van der Waals surface area contributed by atoms with Crippen molar-refractivity contribution in [2.24, 2.45) is 0 Å². The van der Waals surface area contributed by atoms with E-state index in [9.17, 15) is 0 Å². The summed E-state index contributed by atoms with van der Waals surface area (Å²) in [4.78, 5) is 0. The van der Waals surface area contributed by atoms with Gasteiger partial charge < -0.3 is 15.4 Å². The molecular formula is C12H17ClN2OS. The first-order valence-electron chi connectivity index (χ1n) is 5.37. The molecule has 1 aromatic rings. The van der Waals surface area contributed by atoms with E-state index in [1.807, 2.05) is 32.0 Å². The molecule has 0 aliphatic carbocycles. The number of hydrogen-bond acceptors (Lipinski definition) is 2. The molecule has 0 saturated heterocycles. The van der Waals surface area contributed by atoms with Crippen molar-refractivity contribution in [3.8, 4) is 0 Å². The Labute approximate surface area is 112 Å². The molecule has 2 N–H and O–H groups in total. The molecule has 1 rings (SSSR count). The third-order valence-electron chi connectivity index (χ3n) is 2.47. The molecule has 0 radical (unpaired) electrons. The van der Waals surface area contributed by atoms with Crippen molar-refractivity contribution in [2.75, 3.05) is 19.0 Å². The van der Waals surface area contributed by atoms with Crippen LogP contribution in [0.4, 0.5) is 5.69 Å². The lowest BCUT2D eigenvalue weighted by molar-refractivity contribution is 0.121. The molecular weight excluding hydrogens is 256 g/mol. The number of nitrogens with one attached hydrogen (secondary N) is 2. The van der Waals surface area contributed by atoms with E-state index in [2.05, 4.69) is 10.6 Å². The van der Waals surface area contributed by atoms with Crippen LogP contribution in [0.5, 0.6) is 0 Å². The van der Waals surface area contributed by atoms with Gasteiger partial charge in [-0.05, 0) is 43.8 Å². The molecule has 0 bridgehead atoms. The summed E-state index contributed by atoms with van der Waals surface area (Å²) >= 11 is 11.2. The van der Waals surface area contributed by atoms with Crippen LogP contribution in [-0.2, 0) is 4.74 Å². The SMILES string of the molecule is COC(C)CNC(=S)Nc1cccc(Cl)c1C. The van der Waals surface area contributed by atoms with E-state index in [4.69, 9.17) is 28.6 Å². The summed E-state index contributed by atoms with van der Waals surface area (Å²) in [6.45, 7) is 4.59. The molecule has 1 atom stereocenters. The van der Waals surface area contributed by atoms with E-state index in [0.717, 1.165) is 16.3 Å². The van der Waals surface area contributed by atoms with Gasteiger partial charge in [-0.25, -0.2) is 0 Å². The molecule has 1 aromatic carbocycles. The summed E-state index contributed by atoms with van der Waals surface area (Å²) in [6, 6.07) is 5.68. The highest BCUT2D eigenvalue weighted by Gasteiger charge is 2.05. The molecule has 0 aromatic heterocycles. The Morgan fingerprint density at radius 1 is 1.53 bits per heavy atom. The van der Waals surface area contributed by atoms with Crippen molar-refractivity contribution in [3.05, 3.63) is 28.8 Å². The molecule has 0 fully saturated rings. The average Bonchev–Trinajstić information content (AvgIpc) is 2.32. The fourth-order valence-corrected chi connectivity index (χ4v) is 1.60. The smallest absolute Gasteiger partial charge is 0.170 e. The van der Waals surface area contributed by atoms with Crippen LogP contribution < -0.4 is 10.6 Å². The maximum absolute atomic E-state index is 6.02. The lowest BCUT2D eigenvalue weighted by atomic mass is 10.2. The van der Waals surface area contributed by atoms with Gasteiger partial charge in [0.1, 0.15) is 0 Å². The first-order valence-corrected chi connectivity index (χ1v) is 6.16. The van der Waals surface area contributed by atoms with E-state index < -0.39 is 0 Å². The summed E-state index contributed by atoms with van der Waals surface area (Å²) < 4.78 is 5.12. The highest BCUT2D eigenvalue weighted by atomic mass is 35.5. The van der Waals surface area contributed by atoms with Gasteiger partial charge in [0.05, 0.1) is 6.10 Å². The van der Waals surface area contributed by atoms with Crippen LogP contribution in [0.25, 0.3) is 0 Å². The molecule has 1 unspecified atom stereocenters. The molecule has 94 valence electrons. The number of thiocarbonyl (C=S) groups is 1. The predicted octanol–water partition coefficient (Wildman–Crippen LogP) is 2.97. The van der Waals surface area contributed by atoms with E-state index in [0.29, 0.717) is 11.7 Å². The van der Waals surface area contributed by atoms with Gasteiger partial charge >= 0.3 is 0 Å². The molecule has 0 aliphatic rings. The molecule has 0 spiro atoms. The number of hydrogen-bond donors (Lipinski definition) is 2. The monoisotopic (exact) mass is 272 g/mol. The lowest BCUT2D eigenvalue weighted by Crippen LogP contribution is -2.34. The Morgan fingerprint density at radius 3 is 2.88 bits per heavy atom. The fourth-order valence-electron chi connectivity index (χ4n) is 1.23. The number of halogens is 1. The third kappa shape index (κ3) is 4.50. The van der Waals surface area contributed by atoms with Crippen LogP contribution in [0.2, 0.25) is 5.02 Å². The van der Waals surface area contributed by atoms with Crippen LogP contribution in [0.15, 0.2) is 18.2 Å². The van der Waals surface area contributed by atoms with Crippen LogP contribution in [0.3, 0.4) is 0 Å². The van der Waals surface area contributed by atoms with Gasteiger partial charge in [0.2, 0.25) is 0 Å². The second kappa shape index (κ2) is 6.79. The van der Waals surface area contributed by atoms with E-state index in [-0.39, 0.29) is 6.10 Å². The average molecular weight is 273 g/mol. The van der Waals surface area contributed by atoms with Crippen molar-refractivity contribution in [1.29, 1.82) is 0 Å². The first kappa shape index (κ1) is 14.2. The standard InChI is InChI=1S/C12H17ClN2OS/c1-8(16-3)7-14-12(17)15-11-6-4-5-10(13)9(11)2/h4-6,8H,7H2,1-3H3,(H2,14,15,17). The molecule has 5 heteroatoms. The lowest BCUT2D eigenvalue weighted by Gasteiger charge is -2.15. The van der Waals surface area contributed by atoms with Crippen LogP contribution in [-0.4, -0.2) is 24.9 Å². The van der Waals surface area contributed by atoms with Gasteiger partial charge in [-0.3, -0.25) is 0 Å². The first-order chi connectivity index (χ1) is 8.04. The maximum Gasteiger partial charge on any atom is 0.170 e. The Bertz CT molecular complexity index is 398. The van der Waals surface area contributed by atoms with Gasteiger partial charge in [0.25, 0.3) is 0 Å². The van der Waals surface area contributed by atoms with Gasteiger partial charge in [-0.2, -0.15) is 0 Å². The minimum atomic E-state index is 0.121.